The molecule has 0 aromatic heterocycles. The van der Waals surface area contributed by atoms with E-state index >= 15 is 0 Å². The molecule has 3 rings (SSSR count). The second-order valence-electron chi connectivity index (χ2n) is 5.36. The van der Waals surface area contributed by atoms with Crippen LogP contribution in [0.4, 0.5) is 0 Å². The number of aliphatic carboxylic acids is 1. The van der Waals surface area contributed by atoms with Crippen molar-refractivity contribution in [2.75, 3.05) is 19.8 Å². The van der Waals surface area contributed by atoms with Gasteiger partial charge in [-0.15, -0.1) is 0 Å². The molecule has 0 aliphatic carbocycles. The van der Waals surface area contributed by atoms with Gasteiger partial charge in [-0.2, -0.15) is 0 Å². The van der Waals surface area contributed by atoms with E-state index in [-0.39, 0.29) is 12.3 Å². The first-order valence-corrected chi connectivity index (χ1v) is 7.54. The lowest BCUT2D eigenvalue weighted by Crippen LogP contribution is -2.41. The molecule has 1 amide bonds. The minimum Gasteiger partial charge on any atom is -0.486 e. The van der Waals surface area contributed by atoms with E-state index in [0.29, 0.717) is 54.7 Å². The van der Waals surface area contributed by atoms with Gasteiger partial charge >= 0.3 is 5.97 Å². The molecule has 1 saturated heterocycles. The molecule has 0 bridgehead atoms. The number of carbonyl (C=O) groups excluding carboxylic acids is 1. The molecule has 0 spiro atoms. The highest BCUT2D eigenvalue weighted by Crippen LogP contribution is 2.38. The molecule has 6 nitrogen and oxygen atoms in total. The third-order valence-electron chi connectivity index (χ3n) is 3.87. The maximum absolute atomic E-state index is 12.4. The van der Waals surface area contributed by atoms with Crippen molar-refractivity contribution in [1.29, 1.82) is 0 Å². The first-order chi connectivity index (χ1) is 10.6. The molecular formula is C15H16ClNO5. The number of amides is 1. The van der Waals surface area contributed by atoms with Gasteiger partial charge in [0, 0.05) is 6.54 Å². The summed E-state index contributed by atoms with van der Waals surface area (Å²) in [6.45, 7) is 1.36. The van der Waals surface area contributed by atoms with Gasteiger partial charge in [-0.1, -0.05) is 11.6 Å². The van der Waals surface area contributed by atoms with Crippen molar-refractivity contribution in [2.24, 2.45) is 0 Å². The number of hydrogen-bond donors (Lipinski definition) is 1. The first kappa shape index (κ1) is 15.0. The topological polar surface area (TPSA) is 76.1 Å². The molecule has 0 saturated carbocycles. The lowest BCUT2D eigenvalue weighted by Gasteiger charge is -2.23. The lowest BCUT2D eigenvalue weighted by atomic mass is 10.1. The summed E-state index contributed by atoms with van der Waals surface area (Å²) in [5.41, 5.74) is 0.690. The number of hydrogen-bond acceptors (Lipinski definition) is 4. The Kier molecular flexibility index (Phi) is 4.11. The Bertz CT molecular complexity index is 618. The van der Waals surface area contributed by atoms with Gasteiger partial charge in [-0.25, -0.2) is 4.79 Å². The van der Waals surface area contributed by atoms with E-state index in [1.165, 1.54) is 4.90 Å². The average Bonchev–Trinajstić information content (AvgIpc) is 2.97. The minimum absolute atomic E-state index is 0.0974. The van der Waals surface area contributed by atoms with Gasteiger partial charge in [0.05, 0.1) is 11.4 Å². The van der Waals surface area contributed by atoms with Crippen LogP contribution in [-0.2, 0) is 16.0 Å². The second kappa shape index (κ2) is 6.04. The average molecular weight is 326 g/mol. The summed E-state index contributed by atoms with van der Waals surface area (Å²) in [5, 5.41) is 9.55. The van der Waals surface area contributed by atoms with Gasteiger partial charge in [0.25, 0.3) is 0 Å². The van der Waals surface area contributed by atoms with E-state index in [9.17, 15) is 9.59 Å². The molecule has 1 fully saturated rings. The fraction of sp³-hybridized carbons (Fsp3) is 0.467. The van der Waals surface area contributed by atoms with Crippen LogP contribution in [0.5, 0.6) is 11.5 Å². The number of rotatable bonds is 3. The zero-order chi connectivity index (χ0) is 15.7. The van der Waals surface area contributed by atoms with Gasteiger partial charge < -0.3 is 19.5 Å². The number of nitrogens with zero attached hydrogens (tertiary/aromatic N) is 1. The highest BCUT2D eigenvalue weighted by Gasteiger charge is 2.33. The first-order valence-electron chi connectivity index (χ1n) is 7.16. The van der Waals surface area contributed by atoms with Gasteiger partial charge in [0.2, 0.25) is 5.91 Å². The largest absolute Gasteiger partial charge is 0.486 e. The summed E-state index contributed by atoms with van der Waals surface area (Å²) in [5.74, 6) is -0.143. The summed E-state index contributed by atoms with van der Waals surface area (Å²) in [4.78, 5) is 24.9. The number of benzene rings is 1. The predicted octanol–water partition coefficient (Wildman–Crippen LogP) is 1.73. The smallest absolute Gasteiger partial charge is 0.326 e. The molecule has 2 aliphatic rings. The molecule has 1 atom stereocenters. The van der Waals surface area contributed by atoms with Crippen molar-refractivity contribution in [2.45, 2.75) is 25.3 Å². The monoisotopic (exact) mass is 325 g/mol. The fourth-order valence-electron chi connectivity index (χ4n) is 2.86. The van der Waals surface area contributed by atoms with Crippen LogP contribution in [0, 0.1) is 0 Å². The van der Waals surface area contributed by atoms with Crippen molar-refractivity contribution in [1.82, 2.24) is 4.90 Å². The zero-order valence-electron chi connectivity index (χ0n) is 11.9. The van der Waals surface area contributed by atoms with Gasteiger partial charge in [0.1, 0.15) is 19.3 Å². The van der Waals surface area contributed by atoms with Crippen LogP contribution in [0.2, 0.25) is 5.02 Å². The van der Waals surface area contributed by atoms with E-state index in [4.69, 9.17) is 26.2 Å². The van der Waals surface area contributed by atoms with Crippen molar-refractivity contribution in [3.8, 4) is 11.5 Å². The van der Waals surface area contributed by atoms with Crippen molar-refractivity contribution in [3.05, 3.63) is 22.7 Å². The van der Waals surface area contributed by atoms with Crippen LogP contribution in [0.3, 0.4) is 0 Å². The fourth-order valence-corrected chi connectivity index (χ4v) is 3.15. The number of fused-ring (bicyclic) bond motifs is 1. The second-order valence-corrected chi connectivity index (χ2v) is 5.77. The number of carboxylic acids is 1. The minimum atomic E-state index is -0.953. The molecule has 22 heavy (non-hydrogen) atoms. The van der Waals surface area contributed by atoms with E-state index in [1.807, 2.05) is 0 Å². The van der Waals surface area contributed by atoms with Gasteiger partial charge in [0.15, 0.2) is 11.5 Å². The summed E-state index contributed by atoms with van der Waals surface area (Å²) in [6.07, 6.45) is 1.31. The molecule has 1 aromatic rings. The number of ether oxygens (including phenoxy) is 2. The number of carboxylic acid groups (broad SMARTS) is 1. The van der Waals surface area contributed by atoms with Crippen LogP contribution in [0.25, 0.3) is 0 Å². The highest BCUT2D eigenvalue weighted by atomic mass is 35.5. The molecular weight excluding hydrogens is 310 g/mol. The maximum atomic E-state index is 12.4. The van der Waals surface area contributed by atoms with Crippen molar-refractivity contribution >= 4 is 23.5 Å². The molecule has 1 N–H and O–H groups in total. The zero-order valence-corrected chi connectivity index (χ0v) is 12.6. The van der Waals surface area contributed by atoms with Crippen LogP contribution < -0.4 is 9.47 Å². The van der Waals surface area contributed by atoms with Crippen LogP contribution >= 0.6 is 11.6 Å². The predicted molar refractivity (Wildman–Crippen MR) is 78.5 cm³/mol. The number of carbonyl (C=O) groups is 2. The van der Waals surface area contributed by atoms with Crippen LogP contribution in [0.1, 0.15) is 18.4 Å². The maximum Gasteiger partial charge on any atom is 0.326 e. The van der Waals surface area contributed by atoms with Crippen molar-refractivity contribution in [3.63, 3.8) is 0 Å². The molecule has 118 valence electrons. The van der Waals surface area contributed by atoms with Gasteiger partial charge in [-0.05, 0) is 30.5 Å². The molecule has 2 aliphatic heterocycles. The van der Waals surface area contributed by atoms with E-state index in [2.05, 4.69) is 0 Å². The SMILES string of the molecule is O=C(O)C1CCCN1C(=O)Cc1cc(Cl)c2c(c1)OCCO2. The Morgan fingerprint density at radius 1 is 1.32 bits per heavy atom. The number of likely N-dealkylation sites (tertiary alicyclic amines) is 1. The third-order valence-corrected chi connectivity index (χ3v) is 4.15. The Labute approximate surface area is 132 Å². The quantitative estimate of drug-likeness (QED) is 0.916. The van der Waals surface area contributed by atoms with Crippen LogP contribution in [0.15, 0.2) is 12.1 Å². The Balaban J connectivity index is 1.77. The summed E-state index contributed by atoms with van der Waals surface area (Å²) < 4.78 is 10.9. The third kappa shape index (κ3) is 2.83. The molecule has 1 aromatic carbocycles. The Hall–Kier alpha value is -1.95. The van der Waals surface area contributed by atoms with E-state index < -0.39 is 12.0 Å². The Morgan fingerprint density at radius 2 is 2.09 bits per heavy atom. The molecule has 7 heteroatoms. The molecule has 0 radical (unpaired) electrons. The van der Waals surface area contributed by atoms with E-state index in [1.54, 1.807) is 12.1 Å². The van der Waals surface area contributed by atoms with Crippen molar-refractivity contribution < 1.29 is 24.2 Å². The summed E-state index contributed by atoms with van der Waals surface area (Å²) in [7, 11) is 0. The van der Waals surface area contributed by atoms with Gasteiger partial charge in [-0.3, -0.25) is 4.79 Å². The standard InChI is InChI=1S/C15H16ClNO5/c16-10-6-9(7-12-14(10)22-5-4-21-12)8-13(18)17-3-1-2-11(17)15(19)20/h6-7,11H,1-5,8H2,(H,19,20). The lowest BCUT2D eigenvalue weighted by molar-refractivity contribution is -0.148. The number of halogens is 1. The summed E-state index contributed by atoms with van der Waals surface area (Å²) in [6, 6.07) is 2.67. The highest BCUT2D eigenvalue weighted by molar-refractivity contribution is 6.32. The molecule has 2 heterocycles. The normalized spacial score (nSPS) is 20.0. The van der Waals surface area contributed by atoms with Crippen LogP contribution in [-0.4, -0.2) is 47.7 Å². The molecule has 1 unspecified atom stereocenters. The summed E-state index contributed by atoms with van der Waals surface area (Å²) >= 11 is 6.15. The Morgan fingerprint density at radius 3 is 2.86 bits per heavy atom. The van der Waals surface area contributed by atoms with E-state index in [0.717, 1.165) is 0 Å².